The highest BCUT2D eigenvalue weighted by molar-refractivity contribution is 6.21. The van der Waals surface area contributed by atoms with Crippen LogP contribution in [0.15, 0.2) is 42.5 Å². The van der Waals surface area contributed by atoms with E-state index in [0.29, 0.717) is 0 Å². The fourth-order valence-corrected chi connectivity index (χ4v) is 3.05. The first kappa shape index (κ1) is 19.3. The van der Waals surface area contributed by atoms with Crippen LogP contribution >= 0.6 is 0 Å². The molecule has 0 fully saturated rings. The highest BCUT2D eigenvalue weighted by atomic mass is 16.5. The zero-order valence-corrected chi connectivity index (χ0v) is 15.8. The Morgan fingerprint density at radius 2 is 1.68 bits per heavy atom. The van der Waals surface area contributed by atoms with E-state index >= 15 is 0 Å². The number of benzene rings is 2. The number of carbonyl (C=O) groups excluding carboxylic acids is 4. The van der Waals surface area contributed by atoms with Crippen molar-refractivity contribution >= 4 is 23.7 Å². The molecule has 144 valence electrons. The second kappa shape index (κ2) is 7.64. The summed E-state index contributed by atoms with van der Waals surface area (Å²) in [7, 11) is 2.68. The van der Waals surface area contributed by atoms with Gasteiger partial charge in [0.25, 0.3) is 17.7 Å². The summed E-state index contributed by atoms with van der Waals surface area (Å²) in [5.41, 5.74) is 2.51. The smallest absolute Gasteiger partial charge is 0.307 e. The molecular weight excluding hydrogens is 360 g/mol. The molecule has 7 heteroatoms. The summed E-state index contributed by atoms with van der Waals surface area (Å²) in [4.78, 5) is 49.7. The molecule has 1 aliphatic rings. The van der Waals surface area contributed by atoms with E-state index in [1.54, 1.807) is 0 Å². The molecule has 2 aromatic carbocycles. The van der Waals surface area contributed by atoms with Crippen LogP contribution < -0.4 is 5.32 Å². The third-order valence-electron chi connectivity index (χ3n) is 4.74. The first-order valence-corrected chi connectivity index (χ1v) is 8.72. The minimum absolute atomic E-state index is 0.0314. The summed E-state index contributed by atoms with van der Waals surface area (Å²) < 4.78 is 4.73. The normalized spacial score (nSPS) is 13.9. The molecule has 1 unspecified atom stereocenters. The molecule has 1 heterocycles. The zero-order valence-electron chi connectivity index (χ0n) is 15.8. The first-order chi connectivity index (χ1) is 13.3. The number of esters is 1. The molecule has 0 saturated carbocycles. The number of imide groups is 1. The van der Waals surface area contributed by atoms with Crippen molar-refractivity contribution in [1.82, 2.24) is 10.2 Å². The molecule has 3 amide bonds. The largest absolute Gasteiger partial charge is 0.469 e. The monoisotopic (exact) mass is 380 g/mol. The van der Waals surface area contributed by atoms with Crippen molar-refractivity contribution in [3.8, 4) is 0 Å². The third-order valence-corrected chi connectivity index (χ3v) is 4.74. The van der Waals surface area contributed by atoms with Crippen molar-refractivity contribution in [2.45, 2.75) is 19.4 Å². The Hall–Kier alpha value is -3.48. The van der Waals surface area contributed by atoms with E-state index in [0.717, 1.165) is 16.0 Å². The number of hydrogen-bond donors (Lipinski definition) is 1. The molecule has 0 bridgehead atoms. The number of methoxy groups -OCH3 is 1. The Morgan fingerprint density at radius 3 is 2.32 bits per heavy atom. The van der Waals surface area contributed by atoms with Gasteiger partial charge in [0.15, 0.2) is 0 Å². The lowest BCUT2D eigenvalue weighted by molar-refractivity contribution is -0.141. The van der Waals surface area contributed by atoms with Crippen LogP contribution in [0.5, 0.6) is 0 Å². The van der Waals surface area contributed by atoms with E-state index < -0.39 is 29.7 Å². The number of nitrogens with zero attached hydrogens (tertiary/aromatic N) is 1. The van der Waals surface area contributed by atoms with Gasteiger partial charge in [-0.05, 0) is 30.7 Å². The van der Waals surface area contributed by atoms with Crippen LogP contribution in [0.25, 0.3) is 0 Å². The number of amides is 3. The maximum absolute atomic E-state index is 12.8. The summed E-state index contributed by atoms with van der Waals surface area (Å²) in [6, 6.07) is 11.2. The minimum atomic E-state index is -0.589. The van der Waals surface area contributed by atoms with E-state index in [-0.39, 0.29) is 23.1 Å². The van der Waals surface area contributed by atoms with Crippen LogP contribution in [0.1, 0.15) is 54.7 Å². The molecule has 28 heavy (non-hydrogen) atoms. The number of nitrogens with one attached hydrogen (secondary N) is 1. The van der Waals surface area contributed by atoms with Gasteiger partial charge in [0.05, 0.1) is 30.7 Å². The number of hydrogen-bond acceptors (Lipinski definition) is 5. The van der Waals surface area contributed by atoms with Crippen molar-refractivity contribution in [1.29, 1.82) is 0 Å². The molecule has 7 nitrogen and oxygen atoms in total. The Kier molecular flexibility index (Phi) is 5.26. The van der Waals surface area contributed by atoms with Crippen molar-refractivity contribution in [2.75, 3.05) is 14.2 Å². The second-order valence-electron chi connectivity index (χ2n) is 6.65. The van der Waals surface area contributed by atoms with Gasteiger partial charge in [0.1, 0.15) is 0 Å². The molecule has 0 aliphatic carbocycles. The van der Waals surface area contributed by atoms with E-state index in [1.807, 2.05) is 31.2 Å². The van der Waals surface area contributed by atoms with Crippen molar-refractivity contribution in [3.05, 3.63) is 70.3 Å². The van der Waals surface area contributed by atoms with E-state index in [2.05, 4.69) is 5.32 Å². The SMILES string of the molecule is COC(=O)CC(NC(=O)c1ccc2c(c1)C(=O)N(C)C2=O)c1ccc(C)cc1. The summed E-state index contributed by atoms with van der Waals surface area (Å²) >= 11 is 0. The fourth-order valence-electron chi connectivity index (χ4n) is 3.05. The van der Waals surface area contributed by atoms with Crippen LogP contribution in [-0.2, 0) is 9.53 Å². The third kappa shape index (κ3) is 3.64. The number of carbonyl (C=O) groups is 4. The van der Waals surface area contributed by atoms with Gasteiger partial charge in [0, 0.05) is 12.6 Å². The van der Waals surface area contributed by atoms with Crippen molar-refractivity contribution < 1.29 is 23.9 Å². The average molecular weight is 380 g/mol. The van der Waals surface area contributed by atoms with Gasteiger partial charge in [-0.15, -0.1) is 0 Å². The standard InChI is InChI=1S/C21H20N2O5/c1-12-4-6-13(7-5-12)17(11-18(24)28-3)22-19(25)14-8-9-15-16(10-14)21(27)23(2)20(15)26/h4-10,17H,11H2,1-3H3,(H,22,25). The lowest BCUT2D eigenvalue weighted by Gasteiger charge is -2.18. The lowest BCUT2D eigenvalue weighted by atomic mass is 10.0. The average Bonchev–Trinajstić information content (AvgIpc) is 2.91. The maximum Gasteiger partial charge on any atom is 0.307 e. The van der Waals surface area contributed by atoms with Gasteiger partial charge < -0.3 is 10.1 Å². The molecule has 3 rings (SSSR count). The van der Waals surface area contributed by atoms with Gasteiger partial charge in [-0.2, -0.15) is 0 Å². The lowest BCUT2D eigenvalue weighted by Crippen LogP contribution is -2.30. The quantitative estimate of drug-likeness (QED) is 0.634. The van der Waals surface area contributed by atoms with Crippen LogP contribution in [0, 0.1) is 6.92 Å². The molecule has 0 aromatic heterocycles. The molecule has 0 radical (unpaired) electrons. The van der Waals surface area contributed by atoms with Gasteiger partial charge in [-0.25, -0.2) is 0 Å². The maximum atomic E-state index is 12.8. The van der Waals surface area contributed by atoms with E-state index in [1.165, 1.54) is 32.4 Å². The summed E-state index contributed by atoms with van der Waals surface area (Å²) in [6.07, 6.45) is -0.0314. The predicted octanol–water partition coefficient (Wildman–Crippen LogP) is 2.26. The number of aryl methyl sites for hydroxylation is 1. The van der Waals surface area contributed by atoms with Gasteiger partial charge >= 0.3 is 5.97 Å². The zero-order chi connectivity index (χ0) is 20.4. The molecule has 0 spiro atoms. The molecule has 0 saturated heterocycles. The van der Waals surface area contributed by atoms with Crippen LogP contribution in [0.3, 0.4) is 0 Å². The first-order valence-electron chi connectivity index (χ1n) is 8.72. The number of ether oxygens (including phenoxy) is 1. The topological polar surface area (TPSA) is 92.8 Å². The predicted molar refractivity (Wildman–Crippen MR) is 101 cm³/mol. The minimum Gasteiger partial charge on any atom is -0.469 e. The van der Waals surface area contributed by atoms with Crippen molar-refractivity contribution in [2.24, 2.45) is 0 Å². The van der Waals surface area contributed by atoms with Gasteiger partial charge in [-0.1, -0.05) is 29.8 Å². The molecular formula is C21H20N2O5. The van der Waals surface area contributed by atoms with Crippen LogP contribution in [0.4, 0.5) is 0 Å². The number of fused-ring (bicyclic) bond motifs is 1. The Labute approximate surface area is 162 Å². The summed E-state index contributed by atoms with van der Waals surface area (Å²) in [5, 5.41) is 2.81. The van der Waals surface area contributed by atoms with Crippen molar-refractivity contribution in [3.63, 3.8) is 0 Å². The van der Waals surface area contributed by atoms with E-state index in [4.69, 9.17) is 4.74 Å². The Morgan fingerprint density at radius 1 is 1.04 bits per heavy atom. The van der Waals surface area contributed by atoms with Gasteiger partial charge in [0.2, 0.25) is 0 Å². The molecule has 1 aliphatic heterocycles. The Bertz CT molecular complexity index is 965. The summed E-state index contributed by atoms with van der Waals surface area (Å²) in [6.45, 7) is 1.94. The fraction of sp³-hybridized carbons (Fsp3) is 0.238. The molecule has 1 atom stereocenters. The highest BCUT2D eigenvalue weighted by Crippen LogP contribution is 2.24. The van der Waals surface area contributed by atoms with Crippen LogP contribution in [0.2, 0.25) is 0 Å². The Balaban J connectivity index is 1.86. The van der Waals surface area contributed by atoms with Gasteiger partial charge in [-0.3, -0.25) is 24.1 Å². The van der Waals surface area contributed by atoms with Crippen LogP contribution in [-0.4, -0.2) is 42.7 Å². The van der Waals surface area contributed by atoms with E-state index in [9.17, 15) is 19.2 Å². The highest BCUT2D eigenvalue weighted by Gasteiger charge is 2.33. The second-order valence-corrected chi connectivity index (χ2v) is 6.65. The molecule has 1 N–H and O–H groups in total. The number of rotatable bonds is 5. The molecule has 2 aromatic rings. The summed E-state index contributed by atoms with van der Waals surface area (Å²) in [5.74, 6) is -1.75.